The number of hydrogen-bond acceptors (Lipinski definition) is 3. The summed E-state index contributed by atoms with van der Waals surface area (Å²) in [5.41, 5.74) is 0. The molecule has 78 valence electrons. The van der Waals surface area contributed by atoms with Crippen molar-refractivity contribution in [1.82, 2.24) is 0 Å². The van der Waals surface area contributed by atoms with Crippen molar-refractivity contribution in [2.24, 2.45) is 0 Å². The molecule has 3 rings (SSSR count). The van der Waals surface area contributed by atoms with Gasteiger partial charge in [-0.1, -0.05) is 18.2 Å². The number of thiophene rings is 1. The van der Waals surface area contributed by atoms with Gasteiger partial charge >= 0.3 is 7.69 Å². The van der Waals surface area contributed by atoms with Gasteiger partial charge < -0.3 is 9.68 Å². The molecule has 0 aliphatic carbocycles. The van der Waals surface area contributed by atoms with Gasteiger partial charge in [0.2, 0.25) is 0 Å². The summed E-state index contributed by atoms with van der Waals surface area (Å²) >= 11 is 1.74. The SMILES string of the molecule is OBOc1ccc2c(c1)sc1ccccc12. The Kier molecular flexibility index (Phi) is 2.31. The highest BCUT2D eigenvalue weighted by atomic mass is 32.1. The van der Waals surface area contributed by atoms with Gasteiger partial charge in [-0.15, -0.1) is 11.3 Å². The molecule has 0 atom stereocenters. The van der Waals surface area contributed by atoms with Crippen LogP contribution in [0.3, 0.4) is 0 Å². The molecule has 0 saturated heterocycles. The summed E-state index contributed by atoms with van der Waals surface area (Å²) in [5, 5.41) is 11.2. The predicted octanol–water partition coefficient (Wildman–Crippen LogP) is 2.69. The summed E-state index contributed by atoms with van der Waals surface area (Å²) < 4.78 is 7.54. The number of rotatable bonds is 2. The van der Waals surface area contributed by atoms with Gasteiger partial charge in [0.1, 0.15) is 5.75 Å². The van der Waals surface area contributed by atoms with Crippen molar-refractivity contribution >= 4 is 39.2 Å². The van der Waals surface area contributed by atoms with Crippen LogP contribution in [0.15, 0.2) is 42.5 Å². The van der Waals surface area contributed by atoms with Crippen LogP contribution in [0.4, 0.5) is 0 Å². The zero-order chi connectivity index (χ0) is 11.0. The van der Waals surface area contributed by atoms with E-state index in [0.29, 0.717) is 5.75 Å². The van der Waals surface area contributed by atoms with Crippen molar-refractivity contribution in [1.29, 1.82) is 0 Å². The maximum atomic E-state index is 8.71. The van der Waals surface area contributed by atoms with Crippen molar-refractivity contribution in [2.75, 3.05) is 0 Å². The third kappa shape index (κ3) is 1.47. The zero-order valence-electron chi connectivity index (χ0n) is 8.51. The Labute approximate surface area is 97.4 Å². The van der Waals surface area contributed by atoms with Crippen molar-refractivity contribution in [3.05, 3.63) is 42.5 Å². The van der Waals surface area contributed by atoms with Gasteiger partial charge in [-0.2, -0.15) is 0 Å². The quantitative estimate of drug-likeness (QED) is 0.683. The highest BCUT2D eigenvalue weighted by Gasteiger charge is 2.05. The van der Waals surface area contributed by atoms with Gasteiger partial charge in [0.05, 0.1) is 0 Å². The average Bonchev–Trinajstić information content (AvgIpc) is 2.67. The monoisotopic (exact) mass is 228 g/mol. The molecule has 0 unspecified atom stereocenters. The van der Waals surface area contributed by atoms with Crippen LogP contribution in [0.25, 0.3) is 20.2 Å². The smallest absolute Gasteiger partial charge is 0.504 e. The van der Waals surface area contributed by atoms with E-state index in [2.05, 4.69) is 12.1 Å². The van der Waals surface area contributed by atoms with Crippen LogP contribution in [0.1, 0.15) is 0 Å². The maximum Gasteiger partial charge on any atom is 0.504 e. The summed E-state index contributed by atoms with van der Waals surface area (Å²) in [6, 6.07) is 14.2. The second-order valence-corrected chi connectivity index (χ2v) is 4.61. The molecular weight excluding hydrogens is 219 g/mol. The van der Waals surface area contributed by atoms with Crippen molar-refractivity contribution in [2.45, 2.75) is 0 Å². The van der Waals surface area contributed by atoms with E-state index in [-0.39, 0.29) is 7.69 Å². The largest absolute Gasteiger partial charge is 0.539 e. The minimum Gasteiger partial charge on any atom is -0.539 e. The molecule has 0 fully saturated rings. The fraction of sp³-hybridized carbons (Fsp3) is 0. The first-order chi connectivity index (χ1) is 7.88. The molecule has 1 aromatic heterocycles. The molecule has 4 heteroatoms. The molecule has 2 nitrogen and oxygen atoms in total. The molecule has 0 bridgehead atoms. The Morgan fingerprint density at radius 2 is 1.81 bits per heavy atom. The Hall–Kier alpha value is -1.52. The van der Waals surface area contributed by atoms with E-state index in [1.807, 2.05) is 30.3 Å². The second-order valence-electron chi connectivity index (χ2n) is 3.53. The van der Waals surface area contributed by atoms with E-state index >= 15 is 0 Å². The molecule has 0 radical (unpaired) electrons. The maximum absolute atomic E-state index is 8.71. The number of fused-ring (bicyclic) bond motifs is 3. The Morgan fingerprint density at radius 3 is 2.69 bits per heavy atom. The lowest BCUT2D eigenvalue weighted by Crippen LogP contribution is -1.98. The van der Waals surface area contributed by atoms with Crippen LogP contribution in [0, 0.1) is 0 Å². The Bertz CT molecular complexity index is 648. The van der Waals surface area contributed by atoms with Crippen LogP contribution in [0.2, 0.25) is 0 Å². The molecule has 0 aliphatic heterocycles. The van der Waals surface area contributed by atoms with E-state index in [0.717, 1.165) is 0 Å². The lowest BCUT2D eigenvalue weighted by Gasteiger charge is -2.00. The average molecular weight is 228 g/mol. The zero-order valence-corrected chi connectivity index (χ0v) is 9.33. The highest BCUT2D eigenvalue weighted by molar-refractivity contribution is 7.25. The van der Waals surface area contributed by atoms with Gasteiger partial charge in [0.15, 0.2) is 0 Å². The highest BCUT2D eigenvalue weighted by Crippen LogP contribution is 2.35. The second kappa shape index (κ2) is 3.81. The molecule has 2 aromatic carbocycles. The minimum atomic E-state index is -0.281. The Morgan fingerprint density at radius 1 is 1.00 bits per heavy atom. The first-order valence-corrected chi connectivity index (χ1v) is 5.85. The predicted molar refractivity (Wildman–Crippen MR) is 69.3 cm³/mol. The standard InChI is InChI=1S/C12H9BO2S/c14-13-15-8-5-6-10-9-3-1-2-4-11(9)16-12(10)7-8/h1-7,13-14H. The van der Waals surface area contributed by atoms with Crippen molar-refractivity contribution < 1.29 is 9.68 Å². The molecular formula is C12H9BO2S. The topological polar surface area (TPSA) is 29.5 Å². The number of benzene rings is 2. The van der Waals surface area contributed by atoms with Crippen LogP contribution in [-0.2, 0) is 0 Å². The molecule has 0 saturated carbocycles. The first-order valence-electron chi connectivity index (χ1n) is 5.03. The summed E-state index contributed by atoms with van der Waals surface area (Å²) in [7, 11) is -0.281. The number of hydrogen-bond donors (Lipinski definition) is 1. The van der Waals surface area contributed by atoms with Crippen LogP contribution in [0.5, 0.6) is 5.75 Å². The lowest BCUT2D eigenvalue weighted by atomic mass is 10.1. The molecule has 0 amide bonds. The minimum absolute atomic E-state index is 0.281. The molecule has 1 heterocycles. The fourth-order valence-corrected chi connectivity index (χ4v) is 3.01. The van der Waals surface area contributed by atoms with E-state index in [1.165, 1.54) is 20.2 Å². The molecule has 0 aliphatic rings. The van der Waals surface area contributed by atoms with Gasteiger partial charge in [0, 0.05) is 20.2 Å². The van der Waals surface area contributed by atoms with E-state index in [9.17, 15) is 0 Å². The molecule has 3 aromatic rings. The van der Waals surface area contributed by atoms with Crippen LogP contribution >= 0.6 is 11.3 Å². The lowest BCUT2D eigenvalue weighted by molar-refractivity contribution is 0.454. The fourth-order valence-electron chi connectivity index (χ4n) is 1.87. The van der Waals surface area contributed by atoms with Crippen molar-refractivity contribution in [3.8, 4) is 5.75 Å². The van der Waals surface area contributed by atoms with Gasteiger partial charge in [0.25, 0.3) is 0 Å². The summed E-state index contributed by atoms with van der Waals surface area (Å²) in [6.07, 6.45) is 0. The third-order valence-electron chi connectivity index (χ3n) is 2.58. The normalized spacial score (nSPS) is 10.8. The van der Waals surface area contributed by atoms with Crippen LogP contribution < -0.4 is 4.65 Å². The summed E-state index contributed by atoms with van der Waals surface area (Å²) in [5.74, 6) is 0.710. The molecule has 1 N–H and O–H groups in total. The van der Waals surface area contributed by atoms with Crippen molar-refractivity contribution in [3.63, 3.8) is 0 Å². The van der Waals surface area contributed by atoms with Gasteiger partial charge in [-0.3, -0.25) is 0 Å². The van der Waals surface area contributed by atoms with Crippen LogP contribution in [-0.4, -0.2) is 12.7 Å². The Balaban J connectivity index is 2.28. The molecule has 0 spiro atoms. The van der Waals surface area contributed by atoms with E-state index < -0.39 is 0 Å². The summed E-state index contributed by atoms with van der Waals surface area (Å²) in [4.78, 5) is 0. The third-order valence-corrected chi connectivity index (χ3v) is 3.72. The first kappa shape index (κ1) is 9.69. The van der Waals surface area contributed by atoms with Gasteiger partial charge in [-0.25, -0.2) is 0 Å². The van der Waals surface area contributed by atoms with E-state index in [4.69, 9.17) is 9.68 Å². The summed E-state index contributed by atoms with van der Waals surface area (Å²) in [6.45, 7) is 0. The van der Waals surface area contributed by atoms with Gasteiger partial charge in [-0.05, 0) is 24.3 Å². The van der Waals surface area contributed by atoms with E-state index in [1.54, 1.807) is 11.3 Å². The molecule has 16 heavy (non-hydrogen) atoms.